The number of esters is 2. The molecule has 0 aromatic heterocycles. The van der Waals surface area contributed by atoms with Crippen molar-refractivity contribution in [1.82, 2.24) is 0 Å². The second-order valence-corrected chi connectivity index (χ2v) is 14.2. The van der Waals surface area contributed by atoms with E-state index in [4.69, 9.17) is 28.4 Å². The Balaban J connectivity index is 0.000000216. The van der Waals surface area contributed by atoms with E-state index in [0.717, 1.165) is 77.0 Å². The minimum Gasteiger partial charge on any atom is -0.865 e. The molecule has 49 heavy (non-hydrogen) atoms. The van der Waals surface area contributed by atoms with Gasteiger partial charge in [-0.1, -0.05) is 89.9 Å². The van der Waals surface area contributed by atoms with Gasteiger partial charge in [0.2, 0.25) is 0 Å². The van der Waals surface area contributed by atoms with Crippen LogP contribution >= 0.6 is 0 Å². The maximum atomic E-state index is 11.4. The molecule has 12 nitrogen and oxygen atoms in total. The van der Waals surface area contributed by atoms with Crippen LogP contribution in [0.4, 0.5) is 0 Å². The maximum absolute atomic E-state index is 11.4. The number of aliphatic hydroxyl groups excluding tert-OH is 2. The molecular weight excluding hydrogens is 664 g/mol. The van der Waals surface area contributed by atoms with Gasteiger partial charge in [0, 0.05) is 37.2 Å². The van der Waals surface area contributed by atoms with E-state index in [-0.39, 0.29) is 51.0 Å². The molecule has 2 spiro atoms. The SMILES string of the molecule is O=C1OC(C2COC3(CCCCCCCCCCC3)O2)C(O)=C1[O-].O=C1OC(C2COC3(CCCCCCCCCCC3)O2)C(O)=C1[O-].[Ca+2]. The molecule has 6 rings (SSSR count). The van der Waals surface area contributed by atoms with Crippen LogP contribution in [0.3, 0.4) is 0 Å². The Morgan fingerprint density at radius 2 is 0.755 bits per heavy atom. The molecule has 0 amide bonds. The van der Waals surface area contributed by atoms with Gasteiger partial charge in [0.25, 0.3) is 0 Å². The van der Waals surface area contributed by atoms with Gasteiger partial charge in [-0.15, -0.1) is 0 Å². The van der Waals surface area contributed by atoms with Crippen LogP contribution in [0, 0.1) is 0 Å². The van der Waals surface area contributed by atoms with E-state index in [9.17, 15) is 30.0 Å². The van der Waals surface area contributed by atoms with Gasteiger partial charge in [-0.3, -0.25) is 0 Å². The van der Waals surface area contributed by atoms with Gasteiger partial charge in [0.15, 0.2) is 23.8 Å². The summed E-state index contributed by atoms with van der Waals surface area (Å²) in [5.74, 6) is -6.41. The molecule has 4 heterocycles. The van der Waals surface area contributed by atoms with Gasteiger partial charge < -0.3 is 48.8 Å². The molecule has 13 heteroatoms. The van der Waals surface area contributed by atoms with Crippen LogP contribution in [-0.4, -0.2) is 109 Å². The predicted octanol–water partition coefficient (Wildman–Crippen LogP) is 4.54. The van der Waals surface area contributed by atoms with Crippen molar-refractivity contribution < 1.29 is 58.4 Å². The first-order valence-electron chi connectivity index (χ1n) is 18.5. The third kappa shape index (κ3) is 10.9. The quantitative estimate of drug-likeness (QED) is 0.302. The second-order valence-electron chi connectivity index (χ2n) is 14.2. The molecule has 0 bridgehead atoms. The number of ether oxygens (including phenoxy) is 6. The Morgan fingerprint density at radius 1 is 0.490 bits per heavy atom. The number of carbonyl (C=O) groups is 2. The van der Waals surface area contributed by atoms with Crippen LogP contribution < -0.4 is 10.2 Å². The summed E-state index contributed by atoms with van der Waals surface area (Å²) in [5.41, 5.74) is 0. The molecule has 4 aliphatic heterocycles. The topological polar surface area (TPSA) is 176 Å². The smallest absolute Gasteiger partial charge is 0.865 e. The first kappa shape index (κ1) is 40.5. The number of carbonyl (C=O) groups excluding carboxylic acids is 2. The predicted molar refractivity (Wildman–Crippen MR) is 174 cm³/mol. The standard InChI is InChI=1S/2C18H28O6.Ca/c2*19-14-15(20)17(21)23-16(14)13-12-22-18(24-13)10-8-6-4-2-1-3-5-7-9-11-18;/h2*13,16,19-20H,1-12H2;/q;;+2/p-2. The van der Waals surface area contributed by atoms with E-state index in [2.05, 4.69) is 0 Å². The number of aliphatic hydroxyl groups is 2. The zero-order chi connectivity index (χ0) is 34.0. The van der Waals surface area contributed by atoms with Gasteiger partial charge in [0.1, 0.15) is 23.7 Å². The molecule has 2 saturated carbocycles. The van der Waals surface area contributed by atoms with E-state index >= 15 is 0 Å². The summed E-state index contributed by atoms with van der Waals surface area (Å²) in [6.45, 7) is 0.463. The summed E-state index contributed by atoms with van der Waals surface area (Å²) in [6.07, 6.45) is 21.5. The Bertz CT molecular complexity index is 1040. The molecule has 272 valence electrons. The fraction of sp³-hybridized carbons (Fsp3) is 0.833. The second kappa shape index (κ2) is 19.5. The number of cyclic esters (lactones) is 2. The van der Waals surface area contributed by atoms with Gasteiger partial charge in [-0.2, -0.15) is 0 Å². The molecule has 0 aromatic rings. The normalized spacial score (nSPS) is 31.8. The summed E-state index contributed by atoms with van der Waals surface area (Å²) in [6, 6.07) is 0. The molecular formula is C36H54CaO12. The van der Waals surface area contributed by atoms with Gasteiger partial charge in [-0.25, -0.2) is 9.59 Å². The van der Waals surface area contributed by atoms with Crippen molar-refractivity contribution in [2.75, 3.05) is 13.2 Å². The Kier molecular flexibility index (Phi) is 16.1. The summed E-state index contributed by atoms with van der Waals surface area (Å²) >= 11 is 0. The van der Waals surface area contributed by atoms with E-state index in [0.29, 0.717) is 0 Å². The van der Waals surface area contributed by atoms with Crippen LogP contribution in [0.2, 0.25) is 0 Å². The molecule has 4 unspecified atom stereocenters. The monoisotopic (exact) mass is 718 g/mol. The van der Waals surface area contributed by atoms with Crippen LogP contribution in [-0.2, 0) is 38.0 Å². The van der Waals surface area contributed by atoms with E-state index in [1.165, 1.54) is 64.2 Å². The van der Waals surface area contributed by atoms with Gasteiger partial charge in [-0.05, 0) is 25.7 Å². The first-order valence-corrected chi connectivity index (χ1v) is 18.5. The summed E-state index contributed by atoms with van der Waals surface area (Å²) < 4.78 is 34.1. The van der Waals surface area contributed by atoms with E-state index in [1.54, 1.807) is 0 Å². The van der Waals surface area contributed by atoms with Crippen molar-refractivity contribution in [2.45, 2.75) is 177 Å². The third-order valence-electron chi connectivity index (χ3n) is 10.5. The molecule has 0 radical (unpaired) electrons. The minimum atomic E-state index is -1.02. The van der Waals surface area contributed by atoms with Crippen molar-refractivity contribution >= 4 is 49.7 Å². The minimum absolute atomic E-state index is 0. The number of hydrogen-bond donors (Lipinski definition) is 2. The molecule has 4 atom stereocenters. The molecule has 2 N–H and O–H groups in total. The van der Waals surface area contributed by atoms with Crippen molar-refractivity contribution in [2.24, 2.45) is 0 Å². The average Bonchev–Trinajstić information content (AvgIpc) is 3.81. The fourth-order valence-electron chi connectivity index (χ4n) is 7.70. The summed E-state index contributed by atoms with van der Waals surface area (Å²) in [7, 11) is 0. The van der Waals surface area contributed by atoms with Crippen molar-refractivity contribution in [3.8, 4) is 0 Å². The fourth-order valence-corrected chi connectivity index (χ4v) is 7.70. The summed E-state index contributed by atoms with van der Waals surface area (Å²) in [4.78, 5) is 22.7. The van der Waals surface area contributed by atoms with Crippen molar-refractivity contribution in [3.05, 3.63) is 23.0 Å². The van der Waals surface area contributed by atoms with E-state index < -0.39 is 71.0 Å². The zero-order valence-corrected chi connectivity index (χ0v) is 31.2. The number of rotatable bonds is 2. The third-order valence-corrected chi connectivity index (χ3v) is 10.5. The van der Waals surface area contributed by atoms with Crippen molar-refractivity contribution in [1.29, 1.82) is 0 Å². The van der Waals surface area contributed by atoms with Crippen LogP contribution in [0.5, 0.6) is 0 Å². The molecule has 4 fully saturated rings. The Morgan fingerprint density at radius 3 is 1.00 bits per heavy atom. The largest absolute Gasteiger partial charge is 2.00 e. The first-order chi connectivity index (χ1) is 23.2. The van der Waals surface area contributed by atoms with Crippen molar-refractivity contribution in [3.63, 3.8) is 0 Å². The van der Waals surface area contributed by atoms with Crippen LogP contribution in [0.25, 0.3) is 0 Å². The van der Waals surface area contributed by atoms with E-state index in [1.807, 2.05) is 0 Å². The van der Waals surface area contributed by atoms with Crippen LogP contribution in [0.1, 0.15) is 141 Å². The molecule has 6 aliphatic rings. The van der Waals surface area contributed by atoms with Gasteiger partial charge in [0.05, 0.1) is 13.2 Å². The molecule has 2 aliphatic carbocycles. The maximum Gasteiger partial charge on any atom is 2.00 e. The van der Waals surface area contributed by atoms with Crippen LogP contribution in [0.15, 0.2) is 23.0 Å². The van der Waals surface area contributed by atoms with Gasteiger partial charge >= 0.3 is 49.7 Å². The average molecular weight is 719 g/mol. The summed E-state index contributed by atoms with van der Waals surface area (Å²) in [5, 5.41) is 42.5. The molecule has 0 aromatic carbocycles. The molecule has 2 saturated heterocycles. The Labute approximate surface area is 319 Å². The number of hydrogen-bond acceptors (Lipinski definition) is 12. The zero-order valence-electron chi connectivity index (χ0n) is 29.0. The Hall–Kier alpha value is -1.28.